The average molecular weight is 477 g/mol. The summed E-state index contributed by atoms with van der Waals surface area (Å²) in [7, 11) is 0. The number of hydrogen-bond donors (Lipinski definition) is 4. The van der Waals surface area contributed by atoms with Gasteiger partial charge in [0.15, 0.2) is 11.5 Å². The normalized spacial score (nSPS) is 10.6. The number of amides is 1. The SMILES string of the molecule is O=C(NCCc1ccc(O)cc1)c1cc(-c2c(O)cc(O)cc2Oc2ccc([N+](=O)[O-])cc2)on1. The van der Waals surface area contributed by atoms with Crippen molar-refractivity contribution in [2.45, 2.75) is 6.42 Å². The van der Waals surface area contributed by atoms with Gasteiger partial charge in [-0.05, 0) is 36.2 Å². The van der Waals surface area contributed by atoms with Crippen molar-refractivity contribution in [1.82, 2.24) is 10.5 Å². The molecule has 0 unspecified atom stereocenters. The average Bonchev–Trinajstić information content (AvgIpc) is 3.30. The van der Waals surface area contributed by atoms with Gasteiger partial charge in [-0.25, -0.2) is 0 Å². The number of phenolic OH excluding ortho intramolecular Hbond substituents is 3. The summed E-state index contributed by atoms with van der Waals surface area (Å²) in [5.41, 5.74) is 0.773. The zero-order valence-electron chi connectivity index (χ0n) is 18.0. The number of carbonyl (C=O) groups is 1. The van der Waals surface area contributed by atoms with E-state index in [1.54, 1.807) is 24.3 Å². The summed E-state index contributed by atoms with van der Waals surface area (Å²) in [6.07, 6.45) is 0.530. The quantitative estimate of drug-likeness (QED) is 0.215. The molecular formula is C24H19N3O8. The maximum atomic E-state index is 12.5. The van der Waals surface area contributed by atoms with Gasteiger partial charge in [-0.15, -0.1) is 0 Å². The Morgan fingerprint density at radius 1 is 1.00 bits per heavy atom. The molecule has 0 saturated carbocycles. The highest BCUT2D eigenvalue weighted by molar-refractivity contribution is 5.93. The molecular weight excluding hydrogens is 458 g/mol. The van der Waals surface area contributed by atoms with Crippen molar-refractivity contribution in [1.29, 1.82) is 0 Å². The summed E-state index contributed by atoms with van der Waals surface area (Å²) in [4.78, 5) is 22.8. The first-order chi connectivity index (χ1) is 16.8. The Bertz CT molecular complexity index is 1360. The van der Waals surface area contributed by atoms with Crippen molar-refractivity contribution in [3.63, 3.8) is 0 Å². The van der Waals surface area contributed by atoms with E-state index in [2.05, 4.69) is 10.5 Å². The minimum Gasteiger partial charge on any atom is -0.508 e. The molecule has 11 nitrogen and oxygen atoms in total. The number of aromatic hydroxyl groups is 3. The molecule has 0 aliphatic carbocycles. The van der Waals surface area contributed by atoms with Crippen LogP contribution in [-0.4, -0.2) is 37.9 Å². The molecule has 4 N–H and O–H groups in total. The lowest BCUT2D eigenvalue weighted by Crippen LogP contribution is -2.25. The van der Waals surface area contributed by atoms with Gasteiger partial charge in [-0.1, -0.05) is 17.3 Å². The molecule has 178 valence electrons. The summed E-state index contributed by atoms with van der Waals surface area (Å²) < 4.78 is 11.0. The van der Waals surface area contributed by atoms with E-state index in [-0.39, 0.29) is 45.7 Å². The summed E-state index contributed by atoms with van der Waals surface area (Å²) in [6, 6.07) is 15.4. The molecule has 11 heteroatoms. The van der Waals surface area contributed by atoms with Crippen molar-refractivity contribution >= 4 is 11.6 Å². The lowest BCUT2D eigenvalue weighted by molar-refractivity contribution is -0.384. The lowest BCUT2D eigenvalue weighted by atomic mass is 10.1. The summed E-state index contributed by atoms with van der Waals surface area (Å²) in [6.45, 7) is 0.310. The molecule has 0 fully saturated rings. The summed E-state index contributed by atoms with van der Waals surface area (Å²) >= 11 is 0. The van der Waals surface area contributed by atoms with Gasteiger partial charge < -0.3 is 29.9 Å². The van der Waals surface area contributed by atoms with E-state index in [9.17, 15) is 30.2 Å². The number of rotatable bonds is 8. The third kappa shape index (κ3) is 5.47. The summed E-state index contributed by atoms with van der Waals surface area (Å²) in [5.74, 6) is -0.854. The van der Waals surface area contributed by atoms with Crippen LogP contribution in [0, 0.1) is 10.1 Å². The molecule has 1 amide bonds. The Balaban J connectivity index is 1.50. The van der Waals surface area contributed by atoms with Crippen LogP contribution >= 0.6 is 0 Å². The van der Waals surface area contributed by atoms with Gasteiger partial charge in [0, 0.05) is 36.9 Å². The van der Waals surface area contributed by atoms with Gasteiger partial charge in [0.25, 0.3) is 11.6 Å². The maximum Gasteiger partial charge on any atom is 0.273 e. The van der Waals surface area contributed by atoms with E-state index >= 15 is 0 Å². The van der Waals surface area contributed by atoms with Crippen molar-refractivity contribution in [3.05, 3.63) is 88.1 Å². The number of carbonyl (C=O) groups excluding carboxylic acids is 1. The van der Waals surface area contributed by atoms with Crippen LogP contribution in [0.3, 0.4) is 0 Å². The second-order valence-corrected chi connectivity index (χ2v) is 7.44. The van der Waals surface area contributed by atoms with Crippen LogP contribution in [-0.2, 0) is 6.42 Å². The predicted molar refractivity (Wildman–Crippen MR) is 123 cm³/mol. The number of non-ortho nitro benzene ring substituents is 1. The second-order valence-electron chi connectivity index (χ2n) is 7.44. The largest absolute Gasteiger partial charge is 0.508 e. The van der Waals surface area contributed by atoms with Gasteiger partial charge >= 0.3 is 0 Å². The van der Waals surface area contributed by atoms with Crippen LogP contribution in [0.1, 0.15) is 16.1 Å². The monoisotopic (exact) mass is 477 g/mol. The van der Waals surface area contributed by atoms with Crippen molar-refractivity contribution < 1.29 is 34.3 Å². The molecule has 0 bridgehead atoms. The number of benzene rings is 3. The van der Waals surface area contributed by atoms with E-state index in [4.69, 9.17) is 9.26 Å². The zero-order valence-corrected chi connectivity index (χ0v) is 18.0. The van der Waals surface area contributed by atoms with E-state index in [1.165, 1.54) is 36.4 Å². The molecule has 1 aromatic heterocycles. The van der Waals surface area contributed by atoms with Crippen molar-refractivity contribution in [2.75, 3.05) is 6.54 Å². The number of nitro groups is 1. The van der Waals surface area contributed by atoms with Crippen LogP contribution in [0.15, 0.2) is 71.3 Å². The third-order valence-electron chi connectivity index (χ3n) is 4.97. The molecule has 0 aliphatic heterocycles. The second kappa shape index (κ2) is 9.83. The topological polar surface area (TPSA) is 168 Å². The molecule has 3 aromatic carbocycles. The van der Waals surface area contributed by atoms with Crippen LogP contribution < -0.4 is 10.1 Å². The third-order valence-corrected chi connectivity index (χ3v) is 4.97. The summed E-state index contributed by atoms with van der Waals surface area (Å²) in [5, 5.41) is 47.0. The van der Waals surface area contributed by atoms with Gasteiger partial charge in [0.1, 0.15) is 34.3 Å². The van der Waals surface area contributed by atoms with Gasteiger partial charge in [0.05, 0.1) is 4.92 Å². The van der Waals surface area contributed by atoms with Crippen LogP contribution in [0.4, 0.5) is 5.69 Å². The molecule has 0 saturated heterocycles. The number of aromatic nitrogens is 1. The maximum absolute atomic E-state index is 12.5. The van der Waals surface area contributed by atoms with E-state index in [0.717, 1.165) is 11.6 Å². The number of nitro benzene ring substituents is 1. The highest BCUT2D eigenvalue weighted by Gasteiger charge is 2.21. The standard InChI is InChI=1S/C24H19N3O8/c28-16-5-1-14(2-6-16)9-10-25-24(31)19-13-22(35-26-19)23-20(30)11-17(29)12-21(23)34-18-7-3-15(4-8-18)27(32)33/h1-8,11-13,28-30H,9-10H2,(H,25,31). The minimum absolute atomic E-state index is 0.00287. The van der Waals surface area contributed by atoms with Crippen molar-refractivity contribution in [2.24, 2.45) is 0 Å². The Kier molecular flexibility index (Phi) is 6.49. The highest BCUT2D eigenvalue weighted by Crippen LogP contribution is 2.43. The molecule has 35 heavy (non-hydrogen) atoms. The Labute approximate surface area is 198 Å². The van der Waals surface area contributed by atoms with Crippen molar-refractivity contribution in [3.8, 4) is 40.1 Å². The molecule has 0 atom stereocenters. The number of ether oxygens (including phenoxy) is 1. The fraction of sp³-hybridized carbons (Fsp3) is 0.0833. The minimum atomic E-state index is -0.554. The number of nitrogens with one attached hydrogen (secondary N) is 1. The van der Waals surface area contributed by atoms with Crippen LogP contribution in [0.25, 0.3) is 11.3 Å². The smallest absolute Gasteiger partial charge is 0.273 e. The van der Waals surface area contributed by atoms with Gasteiger partial charge in [-0.2, -0.15) is 0 Å². The zero-order chi connectivity index (χ0) is 24.9. The number of phenols is 3. The Morgan fingerprint density at radius 3 is 2.40 bits per heavy atom. The van der Waals surface area contributed by atoms with Gasteiger partial charge in [0.2, 0.25) is 0 Å². The predicted octanol–water partition coefficient (Wildman–Crippen LogP) is 4.13. The fourth-order valence-corrected chi connectivity index (χ4v) is 3.25. The molecule has 0 radical (unpaired) electrons. The fourth-order valence-electron chi connectivity index (χ4n) is 3.25. The Morgan fingerprint density at radius 2 is 1.71 bits per heavy atom. The Hall–Kier alpha value is -5.06. The molecule has 1 heterocycles. The first kappa shape index (κ1) is 23.1. The lowest BCUT2D eigenvalue weighted by Gasteiger charge is -2.11. The van der Waals surface area contributed by atoms with E-state index in [1.807, 2.05) is 0 Å². The highest BCUT2D eigenvalue weighted by atomic mass is 16.6. The van der Waals surface area contributed by atoms with Crippen LogP contribution in [0.2, 0.25) is 0 Å². The molecule has 0 aliphatic rings. The van der Waals surface area contributed by atoms with E-state index < -0.39 is 16.6 Å². The molecule has 0 spiro atoms. The van der Waals surface area contributed by atoms with Crippen LogP contribution in [0.5, 0.6) is 28.7 Å². The molecule has 4 rings (SSSR count). The molecule has 4 aromatic rings. The first-order valence-electron chi connectivity index (χ1n) is 10.3. The van der Waals surface area contributed by atoms with E-state index in [0.29, 0.717) is 13.0 Å². The first-order valence-corrected chi connectivity index (χ1v) is 10.3. The number of nitrogens with zero attached hydrogens (tertiary/aromatic N) is 2. The number of hydrogen-bond acceptors (Lipinski definition) is 9. The van der Waals surface area contributed by atoms with Gasteiger partial charge in [-0.3, -0.25) is 14.9 Å².